The van der Waals surface area contributed by atoms with E-state index in [1.54, 1.807) is 13.0 Å². The quantitative estimate of drug-likeness (QED) is 0.627. The summed E-state index contributed by atoms with van der Waals surface area (Å²) in [6.45, 7) is 1.43. The van der Waals surface area contributed by atoms with E-state index in [0.717, 1.165) is 12.1 Å². The maximum atomic E-state index is 13.7. The lowest BCUT2D eigenvalue weighted by molar-refractivity contribution is -0.384. The van der Waals surface area contributed by atoms with Crippen LogP contribution in [0.1, 0.15) is 18.5 Å². The fourth-order valence-electron chi connectivity index (χ4n) is 2.13. The van der Waals surface area contributed by atoms with E-state index in [1.165, 1.54) is 24.3 Å². The maximum absolute atomic E-state index is 13.7. The largest absolute Gasteiger partial charge is 0.376 e. The molecule has 2 aromatic carbocycles. The fourth-order valence-corrected chi connectivity index (χ4v) is 2.13. The number of benzene rings is 2. The molecular weight excluding hydrogens is 320 g/mol. The van der Waals surface area contributed by atoms with Gasteiger partial charge in [0.2, 0.25) is 5.91 Å². The van der Waals surface area contributed by atoms with Crippen LogP contribution in [0.4, 0.5) is 20.2 Å². The van der Waals surface area contributed by atoms with Crippen LogP contribution in [0.5, 0.6) is 0 Å². The van der Waals surface area contributed by atoms with E-state index < -0.39 is 28.5 Å². The van der Waals surface area contributed by atoms with Gasteiger partial charge in [0.15, 0.2) is 0 Å². The van der Waals surface area contributed by atoms with Gasteiger partial charge < -0.3 is 10.6 Å². The predicted octanol–water partition coefficient (Wildman–Crippen LogP) is 3.16. The summed E-state index contributed by atoms with van der Waals surface area (Å²) in [5.74, 6) is -1.87. The van der Waals surface area contributed by atoms with Crippen LogP contribution < -0.4 is 10.6 Å². The number of hydrogen-bond donors (Lipinski definition) is 2. The number of non-ortho nitro benzene ring substituents is 1. The van der Waals surface area contributed by atoms with E-state index >= 15 is 0 Å². The number of nitro benzene ring substituents is 1. The Bertz CT molecular complexity index is 768. The van der Waals surface area contributed by atoms with Crippen molar-refractivity contribution in [3.05, 3.63) is 69.8 Å². The second-order valence-electron chi connectivity index (χ2n) is 5.12. The van der Waals surface area contributed by atoms with Crippen molar-refractivity contribution in [3.63, 3.8) is 0 Å². The zero-order valence-corrected chi connectivity index (χ0v) is 12.8. The monoisotopic (exact) mass is 335 g/mol. The Morgan fingerprint density at radius 3 is 2.67 bits per heavy atom. The number of carbonyl (C=O) groups is 1. The SMILES string of the molecule is C[C@H](NC(=O)CNc1cccc([N+](=O)[O-])c1)c1ccc(F)cc1F. The van der Waals surface area contributed by atoms with Gasteiger partial charge in [-0.2, -0.15) is 0 Å². The van der Waals surface area contributed by atoms with E-state index in [-0.39, 0.29) is 17.8 Å². The highest BCUT2D eigenvalue weighted by Gasteiger charge is 2.14. The lowest BCUT2D eigenvalue weighted by Crippen LogP contribution is -2.32. The summed E-state index contributed by atoms with van der Waals surface area (Å²) in [6.07, 6.45) is 0. The highest BCUT2D eigenvalue weighted by Crippen LogP contribution is 2.18. The molecule has 0 fully saturated rings. The number of anilines is 1. The average Bonchev–Trinajstić information content (AvgIpc) is 2.53. The summed E-state index contributed by atoms with van der Waals surface area (Å²) in [7, 11) is 0. The van der Waals surface area contributed by atoms with Gasteiger partial charge in [0, 0.05) is 29.4 Å². The first-order valence-corrected chi connectivity index (χ1v) is 7.09. The lowest BCUT2D eigenvalue weighted by Gasteiger charge is -2.15. The zero-order valence-electron chi connectivity index (χ0n) is 12.8. The summed E-state index contributed by atoms with van der Waals surface area (Å²) in [5, 5.41) is 16.0. The molecule has 0 aliphatic rings. The van der Waals surface area contributed by atoms with E-state index in [1.807, 2.05) is 0 Å². The van der Waals surface area contributed by atoms with E-state index in [9.17, 15) is 23.7 Å². The van der Waals surface area contributed by atoms with Crippen molar-refractivity contribution < 1.29 is 18.5 Å². The van der Waals surface area contributed by atoms with Gasteiger partial charge in [0.1, 0.15) is 11.6 Å². The third-order valence-electron chi connectivity index (χ3n) is 3.32. The van der Waals surface area contributed by atoms with Gasteiger partial charge >= 0.3 is 0 Å². The van der Waals surface area contributed by atoms with Crippen molar-refractivity contribution in [1.82, 2.24) is 5.32 Å². The molecule has 24 heavy (non-hydrogen) atoms. The number of halogens is 2. The molecule has 0 aliphatic carbocycles. The molecule has 0 aliphatic heterocycles. The Hall–Kier alpha value is -3.03. The second kappa shape index (κ2) is 7.49. The highest BCUT2D eigenvalue weighted by molar-refractivity contribution is 5.81. The summed E-state index contributed by atoms with van der Waals surface area (Å²) in [6, 6.07) is 8.20. The average molecular weight is 335 g/mol. The van der Waals surface area contributed by atoms with E-state index in [4.69, 9.17) is 0 Å². The lowest BCUT2D eigenvalue weighted by atomic mass is 10.1. The summed E-state index contributed by atoms with van der Waals surface area (Å²) in [4.78, 5) is 22.0. The number of hydrogen-bond acceptors (Lipinski definition) is 4. The fraction of sp³-hybridized carbons (Fsp3) is 0.188. The second-order valence-corrected chi connectivity index (χ2v) is 5.12. The van der Waals surface area contributed by atoms with Crippen LogP contribution in [-0.2, 0) is 4.79 Å². The Labute approximate surface area is 136 Å². The van der Waals surface area contributed by atoms with Crippen molar-refractivity contribution >= 4 is 17.3 Å². The van der Waals surface area contributed by atoms with Gasteiger partial charge in [0.25, 0.3) is 5.69 Å². The summed E-state index contributed by atoms with van der Waals surface area (Å²) < 4.78 is 26.5. The highest BCUT2D eigenvalue weighted by atomic mass is 19.1. The van der Waals surface area contributed by atoms with Crippen LogP contribution in [0.25, 0.3) is 0 Å². The Balaban J connectivity index is 1.93. The minimum Gasteiger partial charge on any atom is -0.376 e. The smallest absolute Gasteiger partial charge is 0.271 e. The molecule has 0 heterocycles. The third-order valence-corrected chi connectivity index (χ3v) is 3.32. The number of nitrogens with zero attached hydrogens (tertiary/aromatic N) is 1. The van der Waals surface area contributed by atoms with Gasteiger partial charge in [-0.15, -0.1) is 0 Å². The molecule has 0 aromatic heterocycles. The molecule has 8 heteroatoms. The molecule has 0 radical (unpaired) electrons. The first-order chi connectivity index (χ1) is 11.4. The normalized spacial score (nSPS) is 11.6. The van der Waals surface area contributed by atoms with Crippen molar-refractivity contribution in [2.45, 2.75) is 13.0 Å². The zero-order chi connectivity index (χ0) is 17.7. The van der Waals surface area contributed by atoms with Gasteiger partial charge in [0.05, 0.1) is 17.5 Å². The number of rotatable bonds is 6. The van der Waals surface area contributed by atoms with Crippen molar-refractivity contribution in [1.29, 1.82) is 0 Å². The molecule has 2 rings (SSSR count). The van der Waals surface area contributed by atoms with Crippen LogP contribution in [0.3, 0.4) is 0 Å². The molecule has 2 aromatic rings. The summed E-state index contributed by atoms with van der Waals surface area (Å²) >= 11 is 0. The van der Waals surface area contributed by atoms with Crippen molar-refractivity contribution in [3.8, 4) is 0 Å². The molecule has 0 unspecified atom stereocenters. The molecule has 1 amide bonds. The van der Waals surface area contributed by atoms with Crippen LogP contribution in [0.2, 0.25) is 0 Å². The van der Waals surface area contributed by atoms with Crippen LogP contribution in [0.15, 0.2) is 42.5 Å². The first-order valence-electron chi connectivity index (χ1n) is 7.09. The Morgan fingerprint density at radius 1 is 1.25 bits per heavy atom. The first kappa shape index (κ1) is 17.3. The molecule has 1 atom stereocenters. The topological polar surface area (TPSA) is 84.3 Å². The molecule has 0 saturated heterocycles. The number of nitrogens with one attached hydrogen (secondary N) is 2. The van der Waals surface area contributed by atoms with Crippen LogP contribution >= 0.6 is 0 Å². The van der Waals surface area contributed by atoms with Crippen LogP contribution in [0, 0.1) is 21.7 Å². The standard InChI is InChI=1S/C16H15F2N3O3/c1-10(14-6-5-11(17)7-15(14)18)20-16(22)9-19-12-3-2-4-13(8-12)21(23)24/h2-8,10,19H,9H2,1H3,(H,20,22)/t10-/m0/s1. The van der Waals surface area contributed by atoms with Gasteiger partial charge in [-0.1, -0.05) is 12.1 Å². The predicted molar refractivity (Wildman–Crippen MR) is 84.5 cm³/mol. The number of amides is 1. The Morgan fingerprint density at radius 2 is 2.00 bits per heavy atom. The third kappa shape index (κ3) is 4.48. The summed E-state index contributed by atoms with van der Waals surface area (Å²) in [5.41, 5.74) is 0.488. The van der Waals surface area contributed by atoms with Gasteiger partial charge in [-0.25, -0.2) is 8.78 Å². The van der Waals surface area contributed by atoms with Crippen molar-refractivity contribution in [2.75, 3.05) is 11.9 Å². The number of carbonyl (C=O) groups excluding carboxylic acids is 1. The molecule has 0 bridgehead atoms. The van der Waals surface area contributed by atoms with E-state index in [2.05, 4.69) is 10.6 Å². The van der Waals surface area contributed by atoms with Gasteiger partial charge in [-0.3, -0.25) is 14.9 Å². The minimum atomic E-state index is -0.741. The molecule has 6 nitrogen and oxygen atoms in total. The molecule has 0 spiro atoms. The minimum absolute atomic E-state index is 0.0952. The maximum Gasteiger partial charge on any atom is 0.271 e. The molecule has 2 N–H and O–H groups in total. The Kier molecular flexibility index (Phi) is 5.41. The molecule has 126 valence electrons. The van der Waals surface area contributed by atoms with E-state index in [0.29, 0.717) is 5.69 Å². The number of nitro groups is 1. The molecular formula is C16H15F2N3O3. The van der Waals surface area contributed by atoms with Crippen molar-refractivity contribution in [2.24, 2.45) is 0 Å². The van der Waals surface area contributed by atoms with Crippen LogP contribution in [-0.4, -0.2) is 17.4 Å². The molecule has 0 saturated carbocycles. The van der Waals surface area contributed by atoms with Gasteiger partial charge in [-0.05, 0) is 19.1 Å².